The zero-order valence-corrected chi connectivity index (χ0v) is 19.2. The maximum absolute atomic E-state index is 13.3. The molecule has 1 aliphatic heterocycles. The Morgan fingerprint density at radius 3 is 2.73 bits per heavy atom. The van der Waals surface area contributed by atoms with Crippen molar-refractivity contribution in [3.63, 3.8) is 0 Å². The van der Waals surface area contributed by atoms with E-state index in [-0.39, 0.29) is 11.9 Å². The van der Waals surface area contributed by atoms with Crippen LogP contribution in [0.15, 0.2) is 49.1 Å². The van der Waals surface area contributed by atoms with E-state index in [1.165, 1.54) is 11.9 Å². The van der Waals surface area contributed by atoms with E-state index in [4.69, 9.17) is 4.98 Å². The fourth-order valence-electron chi connectivity index (χ4n) is 4.51. The van der Waals surface area contributed by atoms with Gasteiger partial charge in [0.1, 0.15) is 12.2 Å². The summed E-state index contributed by atoms with van der Waals surface area (Å²) >= 11 is 0. The van der Waals surface area contributed by atoms with Gasteiger partial charge in [0.25, 0.3) is 5.91 Å². The molecule has 0 aliphatic carbocycles. The Labute approximate surface area is 193 Å². The second-order valence-electron chi connectivity index (χ2n) is 9.00. The number of nitrogens with one attached hydrogen (secondary N) is 2. The lowest BCUT2D eigenvalue weighted by Gasteiger charge is -2.32. The van der Waals surface area contributed by atoms with E-state index in [9.17, 15) is 4.79 Å². The van der Waals surface area contributed by atoms with E-state index < -0.39 is 0 Å². The lowest BCUT2D eigenvalue weighted by atomic mass is 9.99. The number of aryl methyl sites for hydroxylation is 1. The summed E-state index contributed by atoms with van der Waals surface area (Å²) in [4.78, 5) is 24.6. The third kappa shape index (κ3) is 4.08. The number of H-pyrrole nitrogens is 1. The van der Waals surface area contributed by atoms with Crippen LogP contribution in [0.5, 0.6) is 0 Å². The predicted molar refractivity (Wildman–Crippen MR) is 128 cm³/mol. The van der Waals surface area contributed by atoms with Crippen LogP contribution in [0, 0.1) is 12.8 Å². The molecule has 1 aromatic carbocycles. The highest BCUT2D eigenvalue weighted by Gasteiger charge is 2.23. The molecule has 4 aromatic rings. The van der Waals surface area contributed by atoms with E-state index in [0.29, 0.717) is 17.3 Å². The molecule has 170 valence electrons. The van der Waals surface area contributed by atoms with E-state index in [0.717, 1.165) is 48.5 Å². The third-order valence-corrected chi connectivity index (χ3v) is 6.59. The number of fused-ring (bicyclic) bond motifs is 1. The molecule has 3 aromatic heterocycles. The number of piperidine rings is 1. The van der Waals surface area contributed by atoms with E-state index in [2.05, 4.69) is 55.8 Å². The van der Waals surface area contributed by atoms with Crippen LogP contribution >= 0.6 is 0 Å². The van der Waals surface area contributed by atoms with Gasteiger partial charge in [-0.1, -0.05) is 31.2 Å². The van der Waals surface area contributed by atoms with Gasteiger partial charge in [-0.15, -0.1) is 0 Å². The number of benzene rings is 1. The van der Waals surface area contributed by atoms with Gasteiger partial charge in [-0.2, -0.15) is 5.10 Å². The molecule has 1 unspecified atom stereocenters. The number of aromatic nitrogens is 5. The minimum atomic E-state index is -0.284. The van der Waals surface area contributed by atoms with Gasteiger partial charge in [0.05, 0.1) is 29.2 Å². The van der Waals surface area contributed by atoms with Crippen molar-refractivity contribution >= 4 is 17.2 Å². The maximum Gasteiger partial charge on any atom is 0.253 e. The number of carbonyl (C=O) groups is 1. The summed E-state index contributed by atoms with van der Waals surface area (Å²) in [7, 11) is 0. The lowest BCUT2D eigenvalue weighted by molar-refractivity contribution is 0.0938. The summed E-state index contributed by atoms with van der Waals surface area (Å²) in [5, 5.41) is 9.75. The van der Waals surface area contributed by atoms with Crippen LogP contribution in [0.25, 0.3) is 16.9 Å². The quantitative estimate of drug-likeness (QED) is 0.483. The van der Waals surface area contributed by atoms with Gasteiger partial charge < -0.3 is 10.2 Å². The van der Waals surface area contributed by atoms with Crippen molar-refractivity contribution in [2.24, 2.45) is 5.92 Å². The number of aromatic amines is 1. The zero-order valence-electron chi connectivity index (χ0n) is 19.2. The Hall–Kier alpha value is -3.68. The first kappa shape index (κ1) is 21.2. The minimum Gasteiger partial charge on any atom is -0.368 e. The third-order valence-electron chi connectivity index (χ3n) is 6.59. The van der Waals surface area contributed by atoms with Gasteiger partial charge >= 0.3 is 0 Å². The molecule has 1 amide bonds. The molecule has 33 heavy (non-hydrogen) atoms. The summed E-state index contributed by atoms with van der Waals surface area (Å²) in [6.45, 7) is 8.20. The summed E-state index contributed by atoms with van der Waals surface area (Å²) in [5.74, 6) is 1.18. The van der Waals surface area contributed by atoms with Gasteiger partial charge in [-0.25, -0.2) is 9.97 Å². The van der Waals surface area contributed by atoms with Gasteiger partial charge in [-0.3, -0.25) is 14.3 Å². The molecule has 5 rings (SSSR count). The Balaban J connectivity index is 1.59. The number of hydrogen-bond donors (Lipinski definition) is 2. The van der Waals surface area contributed by atoms with Crippen molar-refractivity contribution in [3.05, 3.63) is 66.0 Å². The molecule has 0 saturated carbocycles. The smallest absolute Gasteiger partial charge is 0.253 e. The molecule has 1 atom stereocenters. The average Bonchev–Trinajstić information content (AvgIpc) is 3.50. The molecule has 8 nitrogen and oxygen atoms in total. The second kappa shape index (κ2) is 8.69. The van der Waals surface area contributed by atoms with Crippen molar-refractivity contribution in [2.45, 2.75) is 39.7 Å². The van der Waals surface area contributed by atoms with Gasteiger partial charge in [0.2, 0.25) is 0 Å². The number of pyridine rings is 1. The van der Waals surface area contributed by atoms with Crippen LogP contribution in [0.1, 0.15) is 54.5 Å². The van der Waals surface area contributed by atoms with E-state index >= 15 is 0 Å². The number of hydrogen-bond acceptors (Lipinski definition) is 5. The SMILES string of the molecule is Cc1ccccc1-c1cnc2c(N3CCC(C)CC3)cc(C(=O)NC(C)c3ncn[nH]3)cn12. The molecule has 0 bridgehead atoms. The monoisotopic (exact) mass is 443 g/mol. The maximum atomic E-state index is 13.3. The van der Waals surface area contributed by atoms with Crippen molar-refractivity contribution in [2.75, 3.05) is 18.0 Å². The van der Waals surface area contributed by atoms with Gasteiger partial charge in [0.15, 0.2) is 5.65 Å². The molecular formula is C25H29N7O. The molecule has 0 radical (unpaired) electrons. The van der Waals surface area contributed by atoms with Gasteiger partial charge in [0, 0.05) is 24.8 Å². The fourth-order valence-corrected chi connectivity index (χ4v) is 4.51. The predicted octanol–water partition coefficient (Wildman–Crippen LogP) is 4.16. The van der Waals surface area contributed by atoms with Crippen LogP contribution in [-0.2, 0) is 0 Å². The highest BCUT2D eigenvalue weighted by molar-refractivity contribution is 5.96. The van der Waals surface area contributed by atoms with Crippen LogP contribution in [0.4, 0.5) is 5.69 Å². The van der Waals surface area contributed by atoms with Crippen LogP contribution in [0.2, 0.25) is 0 Å². The standard InChI is InChI=1S/C25H29N7O/c1-16-8-10-31(11-9-16)21-12-19(25(33)29-18(3)23-27-15-28-30-23)14-32-22(13-26-24(21)32)20-7-5-4-6-17(20)2/h4-7,12-16,18H,8-11H2,1-3H3,(H,29,33)(H,27,28,30). The van der Waals surface area contributed by atoms with Crippen LogP contribution in [-0.4, -0.2) is 43.6 Å². The highest BCUT2D eigenvalue weighted by Crippen LogP contribution is 2.32. The number of amides is 1. The molecule has 0 spiro atoms. The molecule has 4 heterocycles. The summed E-state index contributed by atoms with van der Waals surface area (Å²) < 4.78 is 2.06. The summed E-state index contributed by atoms with van der Waals surface area (Å²) in [6.07, 6.45) is 7.52. The normalized spacial score (nSPS) is 15.7. The molecular weight excluding hydrogens is 414 g/mol. The second-order valence-corrected chi connectivity index (χ2v) is 9.00. The van der Waals surface area contributed by atoms with Crippen molar-refractivity contribution in [1.82, 2.24) is 29.9 Å². The molecule has 1 aliphatic rings. The molecule has 1 saturated heterocycles. The summed E-state index contributed by atoms with van der Waals surface area (Å²) in [5.41, 5.74) is 5.73. The number of imidazole rings is 1. The van der Waals surface area contributed by atoms with E-state index in [1.807, 2.05) is 37.5 Å². The number of rotatable bonds is 5. The van der Waals surface area contributed by atoms with Crippen LogP contribution in [0.3, 0.4) is 0 Å². The van der Waals surface area contributed by atoms with Crippen molar-refractivity contribution < 1.29 is 4.79 Å². The van der Waals surface area contributed by atoms with Crippen LogP contribution < -0.4 is 10.2 Å². The summed E-state index contributed by atoms with van der Waals surface area (Å²) in [6, 6.07) is 9.95. The largest absolute Gasteiger partial charge is 0.368 e. The molecule has 2 N–H and O–H groups in total. The van der Waals surface area contributed by atoms with E-state index in [1.54, 1.807) is 0 Å². The lowest BCUT2D eigenvalue weighted by Crippen LogP contribution is -2.34. The Morgan fingerprint density at radius 1 is 1.21 bits per heavy atom. The first-order chi connectivity index (χ1) is 16.0. The average molecular weight is 444 g/mol. The van der Waals surface area contributed by atoms with Crippen molar-refractivity contribution in [1.29, 1.82) is 0 Å². The first-order valence-electron chi connectivity index (χ1n) is 11.5. The molecule has 1 fully saturated rings. The van der Waals surface area contributed by atoms with Gasteiger partial charge in [-0.05, 0) is 44.2 Å². The fraction of sp³-hybridized carbons (Fsp3) is 0.360. The minimum absolute atomic E-state index is 0.156. The Kier molecular flexibility index (Phi) is 5.58. The zero-order chi connectivity index (χ0) is 22.9. The first-order valence-corrected chi connectivity index (χ1v) is 11.5. The molecule has 8 heteroatoms. The Morgan fingerprint density at radius 2 is 2.00 bits per heavy atom. The Bertz CT molecular complexity index is 1270. The number of anilines is 1. The number of carbonyl (C=O) groups excluding carboxylic acids is 1. The highest BCUT2D eigenvalue weighted by atomic mass is 16.1. The topological polar surface area (TPSA) is 91.2 Å². The van der Waals surface area contributed by atoms with Crippen molar-refractivity contribution in [3.8, 4) is 11.3 Å². The number of nitrogens with zero attached hydrogens (tertiary/aromatic N) is 5.